The Kier molecular flexibility index (Phi) is 5.80. The number of primary amides is 1. The molecule has 0 aliphatic heterocycles. The van der Waals surface area contributed by atoms with E-state index in [0.29, 0.717) is 40.2 Å². The second-order valence-corrected chi connectivity index (χ2v) is 11.0. The number of nitrogens with one attached hydrogen (secondary N) is 2. The number of rotatable bonds is 6. The zero-order valence-electron chi connectivity index (χ0n) is 18.4. The van der Waals surface area contributed by atoms with Gasteiger partial charge >= 0.3 is 0 Å². The summed E-state index contributed by atoms with van der Waals surface area (Å²) >= 11 is 6.68. The molecular weight excluding hydrogens is 462 g/mol. The van der Waals surface area contributed by atoms with Crippen molar-refractivity contribution in [1.82, 2.24) is 4.98 Å². The summed E-state index contributed by atoms with van der Waals surface area (Å²) in [5.41, 5.74) is 9.43. The standard InChI is InChI=1S/C24H26ClN3O4S/c1-4-33(31,32)28-15-7-5-6-13(10-15)20-18(25)12-17(23(26)29)22-21(20)16-9-8-14(24(2,3)30)11-19(16)27-22/h4-7,10,12,14,27-28,30H,1,8-9,11H2,2-3H3,(H2,26,29)/t14-/m0/s1. The number of aromatic nitrogens is 1. The van der Waals surface area contributed by atoms with E-state index in [1.165, 1.54) is 6.07 Å². The Bertz CT molecular complexity index is 1390. The van der Waals surface area contributed by atoms with Crippen molar-refractivity contribution in [2.75, 3.05) is 4.72 Å². The van der Waals surface area contributed by atoms with Crippen LogP contribution in [0, 0.1) is 5.92 Å². The minimum Gasteiger partial charge on any atom is -0.390 e. The van der Waals surface area contributed by atoms with Crippen LogP contribution >= 0.6 is 11.6 Å². The molecule has 1 amide bonds. The lowest BCUT2D eigenvalue weighted by Gasteiger charge is -2.32. The lowest BCUT2D eigenvalue weighted by Crippen LogP contribution is -2.34. The minimum absolute atomic E-state index is 0.0608. The third-order valence-corrected chi connectivity index (χ3v) is 7.57. The van der Waals surface area contributed by atoms with E-state index < -0.39 is 21.5 Å². The van der Waals surface area contributed by atoms with Gasteiger partial charge in [-0.05, 0) is 68.4 Å². The van der Waals surface area contributed by atoms with Gasteiger partial charge in [-0.15, -0.1) is 0 Å². The highest BCUT2D eigenvalue weighted by Crippen LogP contribution is 2.44. The van der Waals surface area contributed by atoms with Gasteiger partial charge in [-0.2, -0.15) is 0 Å². The Balaban J connectivity index is 1.95. The first-order chi connectivity index (χ1) is 15.4. The van der Waals surface area contributed by atoms with Gasteiger partial charge in [-0.25, -0.2) is 8.42 Å². The van der Waals surface area contributed by atoms with Crippen molar-refractivity contribution in [1.29, 1.82) is 0 Å². The quantitative estimate of drug-likeness (QED) is 0.412. The van der Waals surface area contributed by atoms with E-state index in [-0.39, 0.29) is 11.5 Å². The number of benzene rings is 2. The molecule has 174 valence electrons. The topological polar surface area (TPSA) is 125 Å². The molecule has 0 unspecified atom stereocenters. The zero-order chi connectivity index (χ0) is 24.1. The minimum atomic E-state index is -3.68. The lowest BCUT2D eigenvalue weighted by atomic mass is 9.77. The number of aryl methyl sites for hydroxylation is 1. The number of sulfonamides is 1. The fourth-order valence-electron chi connectivity index (χ4n) is 4.60. The van der Waals surface area contributed by atoms with Crippen LogP contribution in [0.15, 0.2) is 42.3 Å². The number of fused-ring (bicyclic) bond motifs is 3. The number of aliphatic hydroxyl groups is 1. The number of aromatic amines is 1. The van der Waals surface area contributed by atoms with Gasteiger partial charge in [0.15, 0.2) is 0 Å². The van der Waals surface area contributed by atoms with Gasteiger partial charge in [-0.1, -0.05) is 30.3 Å². The van der Waals surface area contributed by atoms with E-state index in [1.54, 1.807) is 32.0 Å². The summed E-state index contributed by atoms with van der Waals surface area (Å²) in [7, 11) is -3.68. The Morgan fingerprint density at radius 2 is 2.09 bits per heavy atom. The van der Waals surface area contributed by atoms with Crippen molar-refractivity contribution >= 4 is 44.1 Å². The Labute approximate surface area is 197 Å². The van der Waals surface area contributed by atoms with Crippen LogP contribution in [-0.4, -0.2) is 30.0 Å². The van der Waals surface area contributed by atoms with Crippen LogP contribution in [-0.2, 0) is 22.9 Å². The second kappa shape index (κ2) is 8.20. The van der Waals surface area contributed by atoms with Crippen LogP contribution in [0.2, 0.25) is 5.02 Å². The molecule has 0 fully saturated rings. The third kappa shape index (κ3) is 4.38. The Hall–Kier alpha value is -2.81. The van der Waals surface area contributed by atoms with Crippen molar-refractivity contribution < 1.29 is 18.3 Å². The predicted molar refractivity (Wildman–Crippen MR) is 132 cm³/mol. The van der Waals surface area contributed by atoms with E-state index in [1.807, 2.05) is 6.07 Å². The van der Waals surface area contributed by atoms with Gasteiger partial charge in [0.05, 0.1) is 16.7 Å². The fraction of sp³-hybridized carbons (Fsp3) is 0.292. The smallest absolute Gasteiger partial charge is 0.254 e. The van der Waals surface area contributed by atoms with Gasteiger partial charge in [0.1, 0.15) is 0 Å². The summed E-state index contributed by atoms with van der Waals surface area (Å²) in [5.74, 6) is -0.538. The molecule has 1 atom stereocenters. The van der Waals surface area contributed by atoms with Gasteiger partial charge in [0.25, 0.3) is 15.9 Å². The average molecular weight is 488 g/mol. The van der Waals surface area contributed by atoms with Crippen LogP contribution in [0.5, 0.6) is 0 Å². The molecule has 0 radical (unpaired) electrons. The Morgan fingerprint density at radius 1 is 1.36 bits per heavy atom. The van der Waals surface area contributed by atoms with Crippen molar-refractivity contribution in [2.45, 2.75) is 38.7 Å². The maximum Gasteiger partial charge on any atom is 0.254 e. The van der Waals surface area contributed by atoms with Crippen molar-refractivity contribution in [3.8, 4) is 11.1 Å². The molecule has 0 bridgehead atoms. The first kappa shape index (κ1) is 23.4. The summed E-state index contributed by atoms with van der Waals surface area (Å²) in [5, 5.41) is 12.5. The molecule has 7 nitrogen and oxygen atoms in total. The van der Waals surface area contributed by atoms with Gasteiger partial charge in [-0.3, -0.25) is 9.52 Å². The number of hydrogen-bond donors (Lipinski definition) is 4. The van der Waals surface area contributed by atoms with Crippen LogP contribution in [0.4, 0.5) is 5.69 Å². The first-order valence-corrected chi connectivity index (χ1v) is 12.5. The summed E-state index contributed by atoms with van der Waals surface area (Å²) in [6, 6.07) is 8.42. The number of carbonyl (C=O) groups is 1. The molecule has 3 aromatic rings. The predicted octanol–water partition coefficient (Wildman–Crippen LogP) is 4.35. The molecule has 4 rings (SSSR count). The summed E-state index contributed by atoms with van der Waals surface area (Å²) in [4.78, 5) is 15.6. The molecule has 0 spiro atoms. The highest BCUT2D eigenvalue weighted by Gasteiger charge is 2.33. The normalized spacial score (nSPS) is 16.4. The summed E-state index contributed by atoms with van der Waals surface area (Å²) < 4.78 is 26.3. The largest absolute Gasteiger partial charge is 0.390 e. The molecule has 1 heterocycles. The molecule has 1 aliphatic carbocycles. The third-order valence-electron chi connectivity index (χ3n) is 6.31. The number of anilines is 1. The number of amides is 1. The van der Waals surface area contributed by atoms with Crippen LogP contribution < -0.4 is 10.5 Å². The van der Waals surface area contributed by atoms with Crippen LogP contribution in [0.3, 0.4) is 0 Å². The van der Waals surface area contributed by atoms with Gasteiger partial charge in [0.2, 0.25) is 0 Å². The molecule has 2 aromatic carbocycles. The average Bonchev–Trinajstić information content (AvgIpc) is 3.10. The summed E-state index contributed by atoms with van der Waals surface area (Å²) in [6.45, 7) is 6.93. The number of halogens is 1. The SMILES string of the molecule is C=CS(=O)(=O)Nc1cccc(-c2c(Cl)cc(C(N)=O)c3[nH]c4c(c23)CC[C@H](C(C)(C)O)C4)c1. The first-order valence-electron chi connectivity index (χ1n) is 10.5. The van der Waals surface area contributed by atoms with E-state index >= 15 is 0 Å². The van der Waals surface area contributed by atoms with Crippen molar-refractivity contribution in [3.05, 3.63) is 64.2 Å². The molecule has 5 N–H and O–H groups in total. The maximum absolute atomic E-state index is 12.2. The van der Waals surface area contributed by atoms with Crippen molar-refractivity contribution in [3.63, 3.8) is 0 Å². The zero-order valence-corrected chi connectivity index (χ0v) is 20.0. The molecular formula is C24H26ClN3O4S. The Morgan fingerprint density at radius 3 is 2.73 bits per heavy atom. The number of carbonyl (C=O) groups excluding carboxylic acids is 1. The molecule has 1 aromatic heterocycles. The molecule has 0 saturated carbocycles. The molecule has 0 saturated heterocycles. The van der Waals surface area contributed by atoms with Gasteiger partial charge < -0.3 is 15.8 Å². The van der Waals surface area contributed by atoms with E-state index in [0.717, 1.165) is 28.5 Å². The number of nitrogens with two attached hydrogens (primary N) is 1. The molecule has 33 heavy (non-hydrogen) atoms. The monoisotopic (exact) mass is 487 g/mol. The lowest BCUT2D eigenvalue weighted by molar-refractivity contribution is 0.0107. The van der Waals surface area contributed by atoms with E-state index in [2.05, 4.69) is 16.3 Å². The maximum atomic E-state index is 12.2. The van der Waals surface area contributed by atoms with Crippen LogP contribution in [0.25, 0.3) is 22.0 Å². The molecule has 9 heteroatoms. The van der Waals surface area contributed by atoms with E-state index in [9.17, 15) is 18.3 Å². The van der Waals surface area contributed by atoms with Crippen LogP contribution in [0.1, 0.15) is 41.9 Å². The van der Waals surface area contributed by atoms with Gasteiger partial charge in [0, 0.05) is 32.8 Å². The fourth-order valence-corrected chi connectivity index (χ4v) is 5.45. The number of hydrogen-bond acceptors (Lipinski definition) is 4. The number of H-pyrrole nitrogens is 1. The van der Waals surface area contributed by atoms with E-state index in [4.69, 9.17) is 17.3 Å². The summed E-state index contributed by atoms with van der Waals surface area (Å²) in [6.07, 6.45) is 2.10. The van der Waals surface area contributed by atoms with Crippen molar-refractivity contribution in [2.24, 2.45) is 11.7 Å². The highest BCUT2D eigenvalue weighted by atomic mass is 35.5. The molecule has 1 aliphatic rings. The second-order valence-electron chi connectivity index (χ2n) is 8.97. The highest BCUT2D eigenvalue weighted by molar-refractivity contribution is 7.95.